The van der Waals surface area contributed by atoms with Crippen molar-refractivity contribution >= 4 is 0 Å². The molecule has 7 nitrogen and oxygen atoms in total. The summed E-state index contributed by atoms with van der Waals surface area (Å²) in [6, 6.07) is -0.697. The molecule has 0 radical (unpaired) electrons. The Kier molecular flexibility index (Phi) is 3.30. The first kappa shape index (κ1) is 16.8. The third-order valence-corrected chi connectivity index (χ3v) is 7.99. The summed E-state index contributed by atoms with van der Waals surface area (Å²) in [5.74, 6) is 0.240. The van der Waals surface area contributed by atoms with Crippen molar-refractivity contribution in [2.24, 2.45) is 16.4 Å². The third kappa shape index (κ3) is 1.80. The average molecular weight is 359 g/mol. The zero-order valence-corrected chi connectivity index (χ0v) is 14.9. The molecule has 7 heteroatoms. The molecule has 2 spiro atoms. The predicted molar refractivity (Wildman–Crippen MR) is 93.0 cm³/mol. The molecule has 3 fully saturated rings. The molecular formula is C19H25N3O4. The number of allylic oxidation sites excluding steroid dienone is 1. The second-order valence-corrected chi connectivity index (χ2v) is 9.01. The predicted octanol–water partition coefficient (Wildman–Crippen LogP) is 2.13. The first-order valence-corrected chi connectivity index (χ1v) is 9.58. The number of hydrogen-bond donors (Lipinski definition) is 3. The fourth-order valence-corrected chi connectivity index (χ4v) is 6.58. The molecule has 0 aromatic heterocycles. The van der Waals surface area contributed by atoms with E-state index in [-0.39, 0.29) is 17.4 Å². The monoisotopic (exact) mass is 359 g/mol. The van der Waals surface area contributed by atoms with Crippen LogP contribution < -0.4 is 0 Å². The number of fused-ring (bicyclic) bond motifs is 1. The summed E-state index contributed by atoms with van der Waals surface area (Å²) >= 11 is 0. The fraction of sp³-hybridized carbons (Fsp3) is 0.789. The molecule has 26 heavy (non-hydrogen) atoms. The van der Waals surface area contributed by atoms with Gasteiger partial charge in [-0.15, -0.1) is 0 Å². The van der Waals surface area contributed by atoms with Gasteiger partial charge in [0.1, 0.15) is 6.10 Å². The van der Waals surface area contributed by atoms with Crippen LogP contribution in [0.5, 0.6) is 0 Å². The van der Waals surface area contributed by atoms with Gasteiger partial charge in [-0.3, -0.25) is 0 Å². The third-order valence-electron chi connectivity index (χ3n) is 7.99. The van der Waals surface area contributed by atoms with Crippen molar-refractivity contribution in [3.8, 4) is 0 Å². The molecule has 0 aromatic carbocycles. The van der Waals surface area contributed by atoms with Crippen LogP contribution in [-0.4, -0.2) is 50.9 Å². The quantitative estimate of drug-likeness (QED) is 0.377. The lowest BCUT2D eigenvalue weighted by molar-refractivity contribution is -0.160. The van der Waals surface area contributed by atoms with Crippen molar-refractivity contribution in [1.29, 1.82) is 0 Å². The Morgan fingerprint density at radius 2 is 2.08 bits per heavy atom. The van der Waals surface area contributed by atoms with Crippen LogP contribution in [-0.2, 0) is 4.74 Å². The summed E-state index contributed by atoms with van der Waals surface area (Å²) in [7, 11) is 0. The van der Waals surface area contributed by atoms with Crippen LogP contribution in [0.15, 0.2) is 28.4 Å². The van der Waals surface area contributed by atoms with Gasteiger partial charge in [0.05, 0.1) is 29.5 Å². The van der Waals surface area contributed by atoms with Crippen molar-refractivity contribution < 1.29 is 20.1 Å². The second kappa shape index (κ2) is 5.12. The van der Waals surface area contributed by atoms with Crippen LogP contribution in [0.1, 0.15) is 45.4 Å². The van der Waals surface area contributed by atoms with Crippen molar-refractivity contribution in [1.82, 2.24) is 0 Å². The van der Waals surface area contributed by atoms with E-state index in [4.69, 9.17) is 10.3 Å². The van der Waals surface area contributed by atoms with Gasteiger partial charge in [-0.1, -0.05) is 24.2 Å². The van der Waals surface area contributed by atoms with E-state index in [1.807, 2.05) is 6.08 Å². The number of hydrogen-bond acceptors (Lipinski definition) is 5. The van der Waals surface area contributed by atoms with Crippen molar-refractivity contribution in [3.63, 3.8) is 0 Å². The van der Waals surface area contributed by atoms with Crippen molar-refractivity contribution in [2.75, 3.05) is 0 Å². The van der Waals surface area contributed by atoms with Gasteiger partial charge in [-0.25, -0.2) is 0 Å². The smallest absolute Gasteiger partial charge is 0.104 e. The lowest BCUT2D eigenvalue weighted by Crippen LogP contribution is -2.59. The van der Waals surface area contributed by atoms with E-state index < -0.39 is 29.5 Å². The van der Waals surface area contributed by atoms with Gasteiger partial charge in [0.15, 0.2) is 0 Å². The molecule has 8 atom stereocenters. The maximum atomic E-state index is 10.7. The lowest BCUT2D eigenvalue weighted by Gasteiger charge is -2.54. The summed E-state index contributed by atoms with van der Waals surface area (Å²) in [6.07, 6.45) is 6.16. The molecule has 3 aliphatic carbocycles. The Bertz CT molecular complexity index is 775. The maximum Gasteiger partial charge on any atom is 0.104 e. The van der Waals surface area contributed by atoms with Gasteiger partial charge in [0.2, 0.25) is 0 Å². The van der Waals surface area contributed by atoms with E-state index in [2.05, 4.69) is 23.0 Å². The topological polar surface area (TPSA) is 119 Å². The molecule has 5 aliphatic rings. The van der Waals surface area contributed by atoms with Gasteiger partial charge in [0, 0.05) is 16.2 Å². The Morgan fingerprint density at radius 3 is 2.85 bits per heavy atom. The van der Waals surface area contributed by atoms with Crippen LogP contribution in [0, 0.1) is 11.3 Å². The Hall–Kier alpha value is -1.37. The number of rotatable bonds is 1. The number of aliphatic hydroxyl groups excluding tert-OH is 3. The molecule has 1 saturated heterocycles. The molecule has 140 valence electrons. The Labute approximate surface area is 152 Å². The molecule has 1 unspecified atom stereocenters. The maximum absolute atomic E-state index is 10.7. The summed E-state index contributed by atoms with van der Waals surface area (Å²) in [6.45, 7) is 2.16. The van der Waals surface area contributed by atoms with Crippen LogP contribution in [0.3, 0.4) is 0 Å². The van der Waals surface area contributed by atoms with E-state index in [1.165, 1.54) is 0 Å². The number of nitrogens with zero attached hydrogens (tertiary/aromatic N) is 3. The summed E-state index contributed by atoms with van der Waals surface area (Å²) in [5, 5.41) is 35.4. The summed E-state index contributed by atoms with van der Waals surface area (Å²) < 4.78 is 6.80. The normalized spacial score (nSPS) is 54.4. The minimum atomic E-state index is -1.11. The molecule has 2 heterocycles. The number of azide groups is 1. The van der Waals surface area contributed by atoms with E-state index in [0.29, 0.717) is 6.42 Å². The largest absolute Gasteiger partial charge is 0.393 e. The van der Waals surface area contributed by atoms with Crippen molar-refractivity contribution in [2.45, 2.75) is 81.0 Å². The molecule has 3 N–H and O–H groups in total. The van der Waals surface area contributed by atoms with Crippen LogP contribution >= 0.6 is 0 Å². The van der Waals surface area contributed by atoms with Crippen LogP contribution in [0.4, 0.5) is 0 Å². The number of aliphatic hydroxyl groups is 3. The van der Waals surface area contributed by atoms with Crippen molar-refractivity contribution in [3.05, 3.63) is 33.7 Å². The minimum Gasteiger partial charge on any atom is -0.393 e. The number of ether oxygens (including phenoxy) is 1. The molecule has 2 bridgehead atoms. The SMILES string of the molecule is C[C@]12CC=C3C=C4[C@@H](O)[C@H](O)C(N=[N+]=[N-])C[C@]45CC[C@]3(O5)[C@@H]1CC[C@@H]2O. The lowest BCUT2D eigenvalue weighted by atomic mass is 9.60. The highest BCUT2D eigenvalue weighted by molar-refractivity contribution is 5.49. The molecule has 2 saturated carbocycles. The fourth-order valence-electron chi connectivity index (χ4n) is 6.58. The summed E-state index contributed by atoms with van der Waals surface area (Å²) in [4.78, 5) is 2.85. The Balaban J connectivity index is 1.63. The average Bonchev–Trinajstić information content (AvgIpc) is 3.09. The molecule has 0 aromatic rings. The molecule has 0 amide bonds. The van der Waals surface area contributed by atoms with E-state index in [1.54, 1.807) is 0 Å². The van der Waals surface area contributed by atoms with Gasteiger partial charge < -0.3 is 20.1 Å². The van der Waals surface area contributed by atoms with Crippen LogP contribution in [0.2, 0.25) is 0 Å². The second-order valence-electron chi connectivity index (χ2n) is 9.01. The van der Waals surface area contributed by atoms with E-state index in [9.17, 15) is 15.3 Å². The van der Waals surface area contributed by atoms with Gasteiger partial charge in [0.25, 0.3) is 0 Å². The van der Waals surface area contributed by atoms with E-state index >= 15 is 0 Å². The van der Waals surface area contributed by atoms with E-state index in [0.717, 1.165) is 43.3 Å². The summed E-state index contributed by atoms with van der Waals surface area (Å²) in [5.41, 5.74) is 9.34. The zero-order chi connectivity index (χ0) is 18.3. The van der Waals surface area contributed by atoms with Gasteiger partial charge in [-0.2, -0.15) is 0 Å². The minimum absolute atomic E-state index is 0.183. The van der Waals surface area contributed by atoms with Gasteiger partial charge in [-0.05, 0) is 55.2 Å². The molecule has 5 rings (SSSR count). The standard InChI is InChI=1S/C19H25N3O4/c1-17-5-4-10-8-11-15(24)16(25)12(21-22-20)9-18(11)6-7-19(10,26-18)13(17)2-3-14(17)23/h4,8,12-16,23-25H,2-3,5-7,9H2,1H3/t12?,13-,14+,15-,16-,17+,18-,19-/m1/s1. The molecular weight excluding hydrogens is 334 g/mol. The van der Waals surface area contributed by atoms with Crippen LogP contribution in [0.25, 0.3) is 10.4 Å². The van der Waals surface area contributed by atoms with Gasteiger partial charge >= 0.3 is 0 Å². The highest BCUT2D eigenvalue weighted by Gasteiger charge is 2.68. The Morgan fingerprint density at radius 1 is 1.27 bits per heavy atom. The highest BCUT2D eigenvalue weighted by Crippen LogP contribution is 2.66. The molecule has 2 aliphatic heterocycles. The highest BCUT2D eigenvalue weighted by atomic mass is 16.5. The first-order chi connectivity index (χ1) is 12.4. The first-order valence-electron chi connectivity index (χ1n) is 9.58. The zero-order valence-electron chi connectivity index (χ0n) is 14.9.